The highest BCUT2D eigenvalue weighted by Crippen LogP contribution is 2.27. The van der Waals surface area contributed by atoms with E-state index in [4.69, 9.17) is 4.74 Å². The first-order valence-corrected chi connectivity index (χ1v) is 8.97. The number of ether oxygens (including phenoxy) is 1. The topological polar surface area (TPSA) is 64.1 Å². The number of para-hydroxylation sites is 1. The molecule has 0 saturated carbocycles. The third-order valence-electron chi connectivity index (χ3n) is 2.73. The number of methoxy groups -OCH3 is 1. The van der Waals surface area contributed by atoms with E-state index in [1.807, 2.05) is 24.3 Å². The molecule has 7 heteroatoms. The van der Waals surface area contributed by atoms with Crippen LogP contribution in [0.3, 0.4) is 0 Å². The summed E-state index contributed by atoms with van der Waals surface area (Å²) in [7, 11) is 1.60. The predicted octanol–water partition coefficient (Wildman–Crippen LogP) is 3.95. The molecule has 0 radical (unpaired) electrons. The van der Waals surface area contributed by atoms with Crippen molar-refractivity contribution in [2.45, 2.75) is 18.2 Å². The third kappa shape index (κ3) is 5.69. The number of aromatic nitrogens is 2. The maximum absolute atomic E-state index is 12.0. The first-order valence-electron chi connectivity index (χ1n) is 7.17. The molecule has 1 heterocycles. The predicted molar refractivity (Wildman–Crippen MR) is 96.1 cm³/mol. The molecule has 5 nitrogen and oxygen atoms in total. The van der Waals surface area contributed by atoms with E-state index in [0.29, 0.717) is 11.0 Å². The fraction of sp³-hybridized carbons (Fsp3) is 0.312. The number of nitrogens with zero attached hydrogens (tertiary/aromatic N) is 2. The fourth-order valence-corrected chi connectivity index (χ4v) is 3.40. The van der Waals surface area contributed by atoms with Crippen molar-refractivity contribution in [1.82, 2.24) is 10.2 Å². The molecule has 2 rings (SSSR count). The van der Waals surface area contributed by atoms with Gasteiger partial charge < -0.3 is 4.74 Å². The van der Waals surface area contributed by atoms with Crippen LogP contribution in [0.4, 0.5) is 5.13 Å². The summed E-state index contributed by atoms with van der Waals surface area (Å²) in [5.41, 5.74) is 0.843. The Morgan fingerprint density at radius 2 is 2.17 bits per heavy atom. The zero-order chi connectivity index (χ0) is 16.7. The zero-order valence-electron chi connectivity index (χ0n) is 13.3. The second-order valence-electron chi connectivity index (χ2n) is 5.14. The molecule has 0 fully saturated rings. The lowest BCUT2D eigenvalue weighted by Gasteiger charge is -2.03. The Hall–Kier alpha value is -1.86. The van der Waals surface area contributed by atoms with Crippen LogP contribution < -0.4 is 10.1 Å². The van der Waals surface area contributed by atoms with Gasteiger partial charge in [-0.25, -0.2) is 0 Å². The van der Waals surface area contributed by atoms with Crippen molar-refractivity contribution in [2.24, 2.45) is 5.92 Å². The number of carbonyl (C=O) groups is 1. The molecule has 0 bridgehead atoms. The van der Waals surface area contributed by atoms with Gasteiger partial charge in [0.2, 0.25) is 11.0 Å². The maximum Gasteiger partial charge on any atom is 0.250 e. The molecule has 1 aromatic carbocycles. The van der Waals surface area contributed by atoms with E-state index in [0.717, 1.165) is 21.4 Å². The number of hydrogen-bond acceptors (Lipinski definition) is 6. The standard InChI is InChI=1S/C16H19N3O2S2/c1-11(2)10-22-16-19-18-15(23-16)17-14(20)9-8-12-6-4-5-7-13(12)21-3/h4-9,11H,10H2,1-3H3,(H,17,18,20)/b9-8+. The summed E-state index contributed by atoms with van der Waals surface area (Å²) in [6.07, 6.45) is 3.17. The number of carbonyl (C=O) groups excluding carboxylic acids is 1. The zero-order valence-corrected chi connectivity index (χ0v) is 14.9. The van der Waals surface area contributed by atoms with Crippen LogP contribution in [-0.4, -0.2) is 29.0 Å². The summed E-state index contributed by atoms with van der Waals surface area (Å²) in [5, 5.41) is 11.3. The van der Waals surface area contributed by atoms with Crippen LogP contribution in [0.25, 0.3) is 6.08 Å². The van der Waals surface area contributed by atoms with E-state index < -0.39 is 0 Å². The number of nitrogens with one attached hydrogen (secondary N) is 1. The molecule has 0 aliphatic carbocycles. The molecule has 0 spiro atoms. The second kappa shape index (κ2) is 8.69. The van der Waals surface area contributed by atoms with Gasteiger partial charge in [0.05, 0.1) is 7.11 Å². The molecule has 2 aromatic rings. The molecule has 1 amide bonds. The third-order valence-corrected chi connectivity index (χ3v) is 5.13. The van der Waals surface area contributed by atoms with Crippen LogP contribution in [0.2, 0.25) is 0 Å². The van der Waals surface area contributed by atoms with Crippen LogP contribution >= 0.6 is 23.1 Å². The molecular weight excluding hydrogens is 330 g/mol. The molecule has 0 aliphatic heterocycles. The van der Waals surface area contributed by atoms with Gasteiger partial charge in [-0.15, -0.1) is 10.2 Å². The molecule has 0 aliphatic rings. The minimum absolute atomic E-state index is 0.243. The summed E-state index contributed by atoms with van der Waals surface area (Å²) < 4.78 is 6.10. The van der Waals surface area contributed by atoms with Crippen molar-refractivity contribution in [1.29, 1.82) is 0 Å². The molecular formula is C16H19N3O2S2. The smallest absolute Gasteiger partial charge is 0.250 e. The summed E-state index contributed by atoms with van der Waals surface area (Å²) in [6, 6.07) is 7.51. The van der Waals surface area contributed by atoms with E-state index in [-0.39, 0.29) is 5.91 Å². The van der Waals surface area contributed by atoms with E-state index in [1.54, 1.807) is 24.9 Å². The first-order chi connectivity index (χ1) is 11.1. The summed E-state index contributed by atoms with van der Waals surface area (Å²) in [5.74, 6) is 2.05. The lowest BCUT2D eigenvalue weighted by atomic mass is 10.2. The van der Waals surface area contributed by atoms with Crippen molar-refractivity contribution in [3.63, 3.8) is 0 Å². The Labute approximate surface area is 144 Å². The summed E-state index contributed by atoms with van der Waals surface area (Å²) >= 11 is 3.03. The minimum Gasteiger partial charge on any atom is -0.496 e. The molecule has 23 heavy (non-hydrogen) atoms. The van der Waals surface area contributed by atoms with Gasteiger partial charge in [-0.2, -0.15) is 0 Å². The van der Waals surface area contributed by atoms with Crippen LogP contribution in [-0.2, 0) is 4.79 Å². The van der Waals surface area contributed by atoms with E-state index in [2.05, 4.69) is 29.4 Å². The van der Waals surface area contributed by atoms with Crippen molar-refractivity contribution in [3.8, 4) is 5.75 Å². The van der Waals surface area contributed by atoms with E-state index >= 15 is 0 Å². The average Bonchev–Trinajstić information content (AvgIpc) is 2.98. The highest BCUT2D eigenvalue weighted by atomic mass is 32.2. The molecule has 0 atom stereocenters. The van der Waals surface area contributed by atoms with Gasteiger partial charge in [-0.1, -0.05) is 55.1 Å². The van der Waals surface area contributed by atoms with Crippen LogP contribution in [0.15, 0.2) is 34.7 Å². The largest absolute Gasteiger partial charge is 0.496 e. The van der Waals surface area contributed by atoms with Gasteiger partial charge in [0.15, 0.2) is 4.34 Å². The molecule has 1 aromatic heterocycles. The molecule has 0 unspecified atom stereocenters. The lowest BCUT2D eigenvalue weighted by Crippen LogP contribution is -2.07. The Morgan fingerprint density at radius 1 is 1.39 bits per heavy atom. The Balaban J connectivity index is 1.93. The van der Waals surface area contributed by atoms with Crippen molar-refractivity contribution < 1.29 is 9.53 Å². The summed E-state index contributed by atoms with van der Waals surface area (Å²) in [6.45, 7) is 4.30. The lowest BCUT2D eigenvalue weighted by molar-refractivity contribution is -0.111. The highest BCUT2D eigenvalue weighted by Gasteiger charge is 2.08. The van der Waals surface area contributed by atoms with Crippen molar-refractivity contribution in [3.05, 3.63) is 35.9 Å². The fourth-order valence-electron chi connectivity index (χ4n) is 1.67. The second-order valence-corrected chi connectivity index (χ2v) is 7.39. The van der Waals surface area contributed by atoms with Crippen molar-refractivity contribution in [2.75, 3.05) is 18.2 Å². The van der Waals surface area contributed by atoms with Crippen LogP contribution in [0.1, 0.15) is 19.4 Å². The SMILES string of the molecule is COc1ccccc1/C=C/C(=O)Nc1nnc(SCC(C)C)s1. The number of thioether (sulfide) groups is 1. The van der Waals surface area contributed by atoms with Crippen LogP contribution in [0.5, 0.6) is 5.75 Å². The summed E-state index contributed by atoms with van der Waals surface area (Å²) in [4.78, 5) is 12.0. The van der Waals surface area contributed by atoms with E-state index in [1.165, 1.54) is 17.4 Å². The first kappa shape index (κ1) is 17.5. The number of hydrogen-bond donors (Lipinski definition) is 1. The molecule has 0 saturated heterocycles. The maximum atomic E-state index is 12.0. The van der Waals surface area contributed by atoms with Gasteiger partial charge >= 0.3 is 0 Å². The molecule has 1 N–H and O–H groups in total. The van der Waals surface area contributed by atoms with Gasteiger partial charge in [0, 0.05) is 17.4 Å². The average molecular weight is 349 g/mol. The quantitative estimate of drug-likeness (QED) is 0.466. The Bertz CT molecular complexity index is 683. The monoisotopic (exact) mass is 349 g/mol. The van der Waals surface area contributed by atoms with Gasteiger partial charge in [0.25, 0.3) is 0 Å². The number of benzene rings is 1. The number of amides is 1. The molecule has 122 valence electrons. The van der Waals surface area contributed by atoms with Gasteiger partial charge in [-0.3, -0.25) is 10.1 Å². The highest BCUT2D eigenvalue weighted by molar-refractivity contribution is 8.01. The Morgan fingerprint density at radius 3 is 2.91 bits per heavy atom. The van der Waals surface area contributed by atoms with Crippen LogP contribution in [0, 0.1) is 5.92 Å². The van der Waals surface area contributed by atoms with Gasteiger partial charge in [0.1, 0.15) is 5.75 Å². The number of anilines is 1. The normalized spacial score (nSPS) is 11.1. The Kier molecular flexibility index (Phi) is 6.61. The van der Waals surface area contributed by atoms with Gasteiger partial charge in [-0.05, 0) is 18.1 Å². The van der Waals surface area contributed by atoms with Crippen molar-refractivity contribution >= 4 is 40.2 Å². The number of rotatable bonds is 7. The van der Waals surface area contributed by atoms with E-state index in [9.17, 15) is 4.79 Å². The minimum atomic E-state index is -0.243.